The molecule has 0 spiro atoms. The number of carboxylic acids is 1. The zero-order valence-corrected chi connectivity index (χ0v) is 15.3. The molecule has 0 aromatic rings. The SMILES string of the molecule is CC(C)CC(NC(=O)C1CCCN(C(=O)OC(C)(C)C)C1)C(=O)O. The third-order valence-corrected chi connectivity index (χ3v) is 3.77. The van der Waals surface area contributed by atoms with Gasteiger partial charge in [-0.2, -0.15) is 0 Å². The van der Waals surface area contributed by atoms with Crippen LogP contribution in [0.25, 0.3) is 0 Å². The second-order valence-electron chi connectivity index (χ2n) is 7.79. The molecule has 2 atom stereocenters. The molecule has 138 valence electrons. The molecule has 0 aromatic carbocycles. The maximum atomic E-state index is 12.4. The van der Waals surface area contributed by atoms with Crippen LogP contribution in [0.5, 0.6) is 0 Å². The Bertz CT molecular complexity index is 470. The molecule has 1 aliphatic rings. The Labute approximate surface area is 143 Å². The lowest BCUT2D eigenvalue weighted by Gasteiger charge is -2.34. The van der Waals surface area contributed by atoms with Crippen LogP contribution in [0, 0.1) is 11.8 Å². The molecule has 24 heavy (non-hydrogen) atoms. The summed E-state index contributed by atoms with van der Waals surface area (Å²) in [6, 6.07) is -0.894. The van der Waals surface area contributed by atoms with Gasteiger partial charge in [-0.15, -0.1) is 0 Å². The number of likely N-dealkylation sites (tertiary alicyclic amines) is 1. The van der Waals surface area contributed by atoms with E-state index in [0.29, 0.717) is 25.8 Å². The third-order valence-electron chi connectivity index (χ3n) is 3.77. The molecule has 0 radical (unpaired) electrons. The summed E-state index contributed by atoms with van der Waals surface area (Å²) in [7, 11) is 0. The minimum Gasteiger partial charge on any atom is -0.480 e. The maximum absolute atomic E-state index is 12.4. The number of aliphatic carboxylic acids is 1. The summed E-state index contributed by atoms with van der Waals surface area (Å²) in [6.07, 6.45) is 1.28. The average molecular weight is 342 g/mol. The van der Waals surface area contributed by atoms with E-state index < -0.39 is 29.6 Å². The molecule has 7 nitrogen and oxygen atoms in total. The molecule has 0 aliphatic carbocycles. The highest BCUT2D eigenvalue weighted by Gasteiger charge is 2.32. The summed E-state index contributed by atoms with van der Waals surface area (Å²) in [6.45, 7) is 10.0. The van der Waals surface area contributed by atoms with Gasteiger partial charge in [0.2, 0.25) is 5.91 Å². The molecule has 1 rings (SSSR count). The molecule has 7 heteroatoms. The van der Waals surface area contributed by atoms with Gasteiger partial charge in [-0.3, -0.25) is 4.79 Å². The summed E-state index contributed by atoms with van der Waals surface area (Å²) in [5.74, 6) is -1.58. The summed E-state index contributed by atoms with van der Waals surface area (Å²) >= 11 is 0. The van der Waals surface area contributed by atoms with E-state index in [9.17, 15) is 19.5 Å². The van der Waals surface area contributed by atoms with Crippen molar-refractivity contribution in [2.45, 2.75) is 65.5 Å². The topological polar surface area (TPSA) is 95.9 Å². The highest BCUT2D eigenvalue weighted by atomic mass is 16.6. The second-order valence-corrected chi connectivity index (χ2v) is 7.79. The number of nitrogens with zero attached hydrogens (tertiary/aromatic N) is 1. The molecule has 1 saturated heterocycles. The van der Waals surface area contributed by atoms with E-state index >= 15 is 0 Å². The number of ether oxygens (including phenoxy) is 1. The van der Waals surface area contributed by atoms with E-state index in [1.54, 1.807) is 20.8 Å². The largest absolute Gasteiger partial charge is 0.480 e. The third kappa shape index (κ3) is 6.76. The van der Waals surface area contributed by atoms with Crippen molar-refractivity contribution in [3.05, 3.63) is 0 Å². The number of nitrogens with one attached hydrogen (secondary N) is 1. The predicted octanol–water partition coefficient (Wildman–Crippen LogP) is 2.25. The van der Waals surface area contributed by atoms with E-state index in [1.807, 2.05) is 13.8 Å². The normalized spacial score (nSPS) is 19.8. The maximum Gasteiger partial charge on any atom is 0.410 e. The summed E-state index contributed by atoms with van der Waals surface area (Å²) < 4.78 is 5.34. The molecule has 2 N–H and O–H groups in total. The Morgan fingerprint density at radius 1 is 1.29 bits per heavy atom. The first kappa shape index (κ1) is 20.3. The van der Waals surface area contributed by atoms with Gasteiger partial charge in [-0.05, 0) is 46.0 Å². The zero-order valence-electron chi connectivity index (χ0n) is 15.3. The fraction of sp³-hybridized carbons (Fsp3) is 0.824. The molecule has 1 fully saturated rings. The lowest BCUT2D eigenvalue weighted by atomic mass is 9.96. The van der Waals surface area contributed by atoms with Gasteiger partial charge in [0.15, 0.2) is 0 Å². The van der Waals surface area contributed by atoms with Crippen LogP contribution in [-0.2, 0) is 14.3 Å². The van der Waals surface area contributed by atoms with Gasteiger partial charge >= 0.3 is 12.1 Å². The van der Waals surface area contributed by atoms with Gasteiger partial charge in [0, 0.05) is 13.1 Å². The molecule has 0 aromatic heterocycles. The first-order valence-electron chi connectivity index (χ1n) is 8.50. The lowest BCUT2D eigenvalue weighted by molar-refractivity contribution is -0.143. The summed E-state index contributed by atoms with van der Waals surface area (Å²) in [5.41, 5.74) is -0.585. The van der Waals surface area contributed by atoms with Gasteiger partial charge in [0.25, 0.3) is 0 Å². The van der Waals surface area contributed by atoms with E-state index in [1.165, 1.54) is 4.90 Å². The predicted molar refractivity (Wildman–Crippen MR) is 89.6 cm³/mol. The van der Waals surface area contributed by atoms with Gasteiger partial charge in [-0.25, -0.2) is 9.59 Å². The van der Waals surface area contributed by atoms with Crippen LogP contribution >= 0.6 is 0 Å². The number of carbonyl (C=O) groups is 3. The van der Waals surface area contributed by atoms with E-state index in [-0.39, 0.29) is 18.4 Å². The minimum atomic E-state index is -1.03. The molecule has 0 saturated carbocycles. The monoisotopic (exact) mass is 342 g/mol. The Morgan fingerprint density at radius 2 is 1.92 bits per heavy atom. The van der Waals surface area contributed by atoms with Crippen molar-refractivity contribution in [3.8, 4) is 0 Å². The van der Waals surface area contributed by atoms with E-state index in [4.69, 9.17) is 4.74 Å². The van der Waals surface area contributed by atoms with Crippen molar-refractivity contribution < 1.29 is 24.2 Å². The highest BCUT2D eigenvalue weighted by Crippen LogP contribution is 2.20. The number of amides is 2. The first-order valence-corrected chi connectivity index (χ1v) is 8.50. The number of carboxylic acid groups (broad SMARTS) is 1. The van der Waals surface area contributed by atoms with Gasteiger partial charge in [-0.1, -0.05) is 13.8 Å². The quantitative estimate of drug-likeness (QED) is 0.799. The molecular formula is C17H30N2O5. The van der Waals surface area contributed by atoms with Gasteiger partial charge < -0.3 is 20.1 Å². The summed E-state index contributed by atoms with van der Waals surface area (Å²) in [5, 5.41) is 11.8. The minimum absolute atomic E-state index is 0.163. The Kier molecular flexibility index (Phi) is 7.05. The Hall–Kier alpha value is -1.79. The van der Waals surface area contributed by atoms with Crippen molar-refractivity contribution >= 4 is 18.0 Å². The Morgan fingerprint density at radius 3 is 2.42 bits per heavy atom. The molecule has 2 unspecified atom stereocenters. The first-order chi connectivity index (χ1) is 11.0. The van der Waals surface area contributed by atoms with Crippen molar-refractivity contribution in [2.24, 2.45) is 11.8 Å². The fourth-order valence-electron chi connectivity index (χ4n) is 2.67. The smallest absolute Gasteiger partial charge is 0.410 e. The lowest BCUT2D eigenvalue weighted by Crippen LogP contribution is -2.50. The highest BCUT2D eigenvalue weighted by molar-refractivity contribution is 5.85. The molecule has 1 heterocycles. The molecular weight excluding hydrogens is 312 g/mol. The van der Waals surface area contributed by atoms with E-state index in [2.05, 4.69) is 5.32 Å². The van der Waals surface area contributed by atoms with Crippen LogP contribution < -0.4 is 5.32 Å². The number of rotatable bonds is 5. The number of hydrogen-bond acceptors (Lipinski definition) is 4. The standard InChI is InChI=1S/C17H30N2O5/c1-11(2)9-13(15(21)22)18-14(20)12-7-6-8-19(10-12)16(23)24-17(3,4)5/h11-13H,6-10H2,1-5H3,(H,18,20)(H,21,22). The van der Waals surface area contributed by atoms with Crippen LogP contribution in [0.4, 0.5) is 4.79 Å². The van der Waals surface area contributed by atoms with Crippen molar-refractivity contribution in [2.75, 3.05) is 13.1 Å². The molecule has 1 aliphatic heterocycles. The van der Waals surface area contributed by atoms with E-state index in [0.717, 1.165) is 0 Å². The molecule has 0 bridgehead atoms. The van der Waals surface area contributed by atoms with Gasteiger partial charge in [0.1, 0.15) is 11.6 Å². The number of carbonyl (C=O) groups excluding carboxylic acids is 2. The zero-order chi connectivity index (χ0) is 18.5. The average Bonchev–Trinajstić information content (AvgIpc) is 2.44. The summed E-state index contributed by atoms with van der Waals surface area (Å²) in [4.78, 5) is 37.3. The van der Waals surface area contributed by atoms with Gasteiger partial charge in [0.05, 0.1) is 5.92 Å². The van der Waals surface area contributed by atoms with Crippen molar-refractivity contribution in [3.63, 3.8) is 0 Å². The van der Waals surface area contributed by atoms with Crippen LogP contribution in [0.3, 0.4) is 0 Å². The number of piperidine rings is 1. The van der Waals surface area contributed by atoms with Crippen LogP contribution in [0.1, 0.15) is 53.9 Å². The van der Waals surface area contributed by atoms with Crippen LogP contribution in [-0.4, -0.2) is 52.7 Å². The second kappa shape index (κ2) is 8.35. The Balaban J connectivity index is 2.64. The van der Waals surface area contributed by atoms with Crippen molar-refractivity contribution in [1.82, 2.24) is 10.2 Å². The molecule has 2 amide bonds. The number of hydrogen-bond donors (Lipinski definition) is 2. The fourth-order valence-corrected chi connectivity index (χ4v) is 2.67. The van der Waals surface area contributed by atoms with Crippen LogP contribution in [0.15, 0.2) is 0 Å². The van der Waals surface area contributed by atoms with Crippen LogP contribution in [0.2, 0.25) is 0 Å². The van der Waals surface area contributed by atoms with Crippen molar-refractivity contribution in [1.29, 1.82) is 0 Å².